The fraction of sp³-hybridized carbons (Fsp3) is 0.0476. The minimum atomic E-state index is -0.573. The fourth-order valence-corrected chi connectivity index (χ4v) is 2.51. The molecule has 0 aromatic heterocycles. The second-order valence-electron chi connectivity index (χ2n) is 5.90. The van der Waals surface area contributed by atoms with Gasteiger partial charge in [-0.2, -0.15) is 0 Å². The number of nitro benzene ring substituents is 1. The van der Waals surface area contributed by atoms with Gasteiger partial charge in [0.25, 0.3) is 11.6 Å². The van der Waals surface area contributed by atoms with E-state index in [-0.39, 0.29) is 29.5 Å². The summed E-state index contributed by atoms with van der Waals surface area (Å²) in [6.07, 6.45) is 0.513. The lowest BCUT2D eigenvalue weighted by Gasteiger charge is -2.09. The highest BCUT2D eigenvalue weighted by Crippen LogP contribution is 2.23. The third kappa shape index (κ3) is 4.59. The molecule has 1 N–H and O–H groups in total. The standard InChI is InChI=1S/C21H16N2O5/c24-13-17-12-19(23(26)27)10-11-20(17)28-14-15-6-8-16(9-7-15)21(25)22-18-4-2-1-3-5-18/h1-13H,14H2,(H,22,25). The van der Waals surface area contributed by atoms with E-state index < -0.39 is 4.92 Å². The molecule has 1 amide bonds. The smallest absolute Gasteiger partial charge is 0.270 e. The van der Waals surface area contributed by atoms with Crippen molar-refractivity contribution in [1.29, 1.82) is 0 Å². The lowest BCUT2D eigenvalue weighted by Crippen LogP contribution is -2.11. The predicted molar refractivity (Wildman–Crippen MR) is 104 cm³/mol. The van der Waals surface area contributed by atoms with E-state index in [0.29, 0.717) is 17.5 Å². The number of hydrogen-bond donors (Lipinski definition) is 1. The Hall–Kier alpha value is -4.00. The summed E-state index contributed by atoms with van der Waals surface area (Å²) in [6.45, 7) is 0.152. The molecule has 3 rings (SSSR count). The zero-order valence-electron chi connectivity index (χ0n) is 14.7. The Labute approximate surface area is 160 Å². The zero-order valence-corrected chi connectivity index (χ0v) is 14.7. The largest absolute Gasteiger partial charge is 0.488 e. The second-order valence-corrected chi connectivity index (χ2v) is 5.90. The molecule has 3 aromatic carbocycles. The molecule has 0 unspecified atom stereocenters. The molecule has 0 aliphatic carbocycles. The number of anilines is 1. The van der Waals surface area contributed by atoms with Crippen molar-refractivity contribution >= 4 is 23.6 Å². The van der Waals surface area contributed by atoms with Crippen molar-refractivity contribution in [3.8, 4) is 5.75 Å². The number of hydrogen-bond acceptors (Lipinski definition) is 5. The van der Waals surface area contributed by atoms with Gasteiger partial charge in [-0.25, -0.2) is 0 Å². The van der Waals surface area contributed by atoms with Crippen molar-refractivity contribution in [2.45, 2.75) is 6.61 Å². The van der Waals surface area contributed by atoms with Gasteiger partial charge in [0.2, 0.25) is 0 Å². The van der Waals surface area contributed by atoms with Crippen LogP contribution in [0.5, 0.6) is 5.75 Å². The number of nitrogens with one attached hydrogen (secondary N) is 1. The molecule has 0 aliphatic rings. The quantitative estimate of drug-likeness (QED) is 0.378. The number of nitro groups is 1. The van der Waals surface area contributed by atoms with E-state index in [0.717, 1.165) is 5.56 Å². The number of nitrogens with zero attached hydrogens (tertiary/aromatic N) is 1. The number of amides is 1. The van der Waals surface area contributed by atoms with Crippen molar-refractivity contribution in [2.24, 2.45) is 0 Å². The van der Waals surface area contributed by atoms with Gasteiger partial charge in [0.1, 0.15) is 12.4 Å². The molecule has 7 heteroatoms. The molecule has 0 saturated carbocycles. The summed E-state index contributed by atoms with van der Waals surface area (Å²) in [7, 11) is 0. The van der Waals surface area contributed by atoms with Crippen LogP contribution in [0.3, 0.4) is 0 Å². The van der Waals surface area contributed by atoms with Crippen LogP contribution < -0.4 is 10.1 Å². The molecule has 7 nitrogen and oxygen atoms in total. The molecular weight excluding hydrogens is 360 g/mol. The van der Waals surface area contributed by atoms with Crippen LogP contribution in [0.4, 0.5) is 11.4 Å². The van der Waals surface area contributed by atoms with Crippen LogP contribution >= 0.6 is 0 Å². The molecular formula is C21H16N2O5. The average Bonchev–Trinajstić information content (AvgIpc) is 2.73. The number of non-ortho nitro benzene ring substituents is 1. The first-order valence-corrected chi connectivity index (χ1v) is 8.38. The highest BCUT2D eigenvalue weighted by Gasteiger charge is 2.12. The molecule has 28 heavy (non-hydrogen) atoms. The first kappa shape index (κ1) is 18.8. The summed E-state index contributed by atoms with van der Waals surface area (Å²) in [4.78, 5) is 33.6. The van der Waals surface area contributed by atoms with Crippen LogP contribution in [0.2, 0.25) is 0 Å². The highest BCUT2D eigenvalue weighted by atomic mass is 16.6. The van der Waals surface area contributed by atoms with Gasteiger partial charge in [-0.15, -0.1) is 0 Å². The van der Waals surface area contributed by atoms with E-state index in [1.165, 1.54) is 18.2 Å². The SMILES string of the molecule is O=Cc1cc([N+](=O)[O-])ccc1OCc1ccc(C(=O)Nc2ccccc2)cc1. The molecule has 0 aliphatic heterocycles. The molecule has 0 radical (unpaired) electrons. The molecule has 0 heterocycles. The molecule has 0 spiro atoms. The van der Waals surface area contributed by atoms with Gasteiger partial charge in [-0.1, -0.05) is 30.3 Å². The summed E-state index contributed by atoms with van der Waals surface area (Å²) in [5.41, 5.74) is 1.92. The van der Waals surface area contributed by atoms with E-state index >= 15 is 0 Å². The molecule has 3 aromatic rings. The third-order valence-electron chi connectivity index (χ3n) is 3.97. The van der Waals surface area contributed by atoms with Gasteiger partial charge >= 0.3 is 0 Å². The fourth-order valence-electron chi connectivity index (χ4n) is 2.51. The number of carbonyl (C=O) groups is 2. The summed E-state index contributed by atoms with van der Waals surface area (Å²) in [5, 5.41) is 13.6. The van der Waals surface area contributed by atoms with Gasteiger partial charge in [-0.3, -0.25) is 19.7 Å². The Morgan fingerprint density at radius 3 is 2.39 bits per heavy atom. The Balaban J connectivity index is 1.64. The topological polar surface area (TPSA) is 98.5 Å². The third-order valence-corrected chi connectivity index (χ3v) is 3.97. The van der Waals surface area contributed by atoms with Crippen LogP contribution in [-0.4, -0.2) is 17.1 Å². The average molecular weight is 376 g/mol. The maximum absolute atomic E-state index is 12.2. The van der Waals surface area contributed by atoms with Crippen LogP contribution in [-0.2, 0) is 6.61 Å². The van der Waals surface area contributed by atoms with Crippen molar-refractivity contribution in [3.05, 3.63) is 99.6 Å². The number of para-hydroxylation sites is 1. The number of benzene rings is 3. The second kappa shape index (κ2) is 8.59. The van der Waals surface area contributed by atoms with Gasteiger partial charge in [-0.05, 0) is 35.9 Å². The zero-order chi connectivity index (χ0) is 19.9. The lowest BCUT2D eigenvalue weighted by molar-refractivity contribution is -0.384. The van der Waals surface area contributed by atoms with E-state index in [1.807, 2.05) is 18.2 Å². The van der Waals surface area contributed by atoms with E-state index in [2.05, 4.69) is 5.32 Å². The molecule has 0 bridgehead atoms. The van der Waals surface area contributed by atoms with Gasteiger partial charge in [0, 0.05) is 23.4 Å². The van der Waals surface area contributed by atoms with E-state index in [9.17, 15) is 19.7 Å². The van der Waals surface area contributed by atoms with E-state index in [4.69, 9.17) is 4.74 Å². The normalized spacial score (nSPS) is 10.1. The maximum atomic E-state index is 12.2. The summed E-state index contributed by atoms with van der Waals surface area (Å²) in [5.74, 6) is 0.0313. The number of aldehydes is 1. The summed E-state index contributed by atoms with van der Waals surface area (Å²) >= 11 is 0. The van der Waals surface area contributed by atoms with Gasteiger partial charge in [0.15, 0.2) is 6.29 Å². The number of carbonyl (C=O) groups excluding carboxylic acids is 2. The summed E-state index contributed by atoms with van der Waals surface area (Å²) in [6, 6.07) is 19.8. The molecule has 0 saturated heterocycles. The van der Waals surface area contributed by atoms with Crippen LogP contribution in [0, 0.1) is 10.1 Å². The molecule has 0 atom stereocenters. The van der Waals surface area contributed by atoms with Crippen molar-refractivity contribution in [2.75, 3.05) is 5.32 Å². The Morgan fingerprint density at radius 2 is 1.75 bits per heavy atom. The number of rotatable bonds is 7. The van der Waals surface area contributed by atoms with Gasteiger partial charge in [0.05, 0.1) is 10.5 Å². The Morgan fingerprint density at radius 1 is 1.04 bits per heavy atom. The summed E-state index contributed by atoms with van der Waals surface area (Å²) < 4.78 is 5.59. The maximum Gasteiger partial charge on any atom is 0.270 e. The van der Waals surface area contributed by atoms with Crippen LogP contribution in [0.25, 0.3) is 0 Å². The number of ether oxygens (including phenoxy) is 1. The predicted octanol–water partition coefficient (Wildman–Crippen LogP) is 4.24. The van der Waals surface area contributed by atoms with Crippen molar-refractivity contribution in [3.63, 3.8) is 0 Å². The Bertz CT molecular complexity index is 1000. The minimum Gasteiger partial charge on any atom is -0.488 e. The highest BCUT2D eigenvalue weighted by molar-refractivity contribution is 6.04. The van der Waals surface area contributed by atoms with Crippen molar-refractivity contribution < 1.29 is 19.2 Å². The first-order valence-electron chi connectivity index (χ1n) is 8.38. The minimum absolute atomic E-state index is 0.105. The Kier molecular flexibility index (Phi) is 5.76. The van der Waals surface area contributed by atoms with Crippen LogP contribution in [0.15, 0.2) is 72.8 Å². The van der Waals surface area contributed by atoms with Gasteiger partial charge < -0.3 is 10.1 Å². The van der Waals surface area contributed by atoms with Crippen molar-refractivity contribution in [1.82, 2.24) is 0 Å². The van der Waals surface area contributed by atoms with E-state index in [1.54, 1.807) is 36.4 Å². The molecule has 0 fully saturated rings. The first-order chi connectivity index (χ1) is 13.6. The van der Waals surface area contributed by atoms with Crippen LogP contribution in [0.1, 0.15) is 26.3 Å². The monoisotopic (exact) mass is 376 g/mol. The lowest BCUT2D eigenvalue weighted by atomic mass is 10.1. The molecule has 140 valence electrons.